The van der Waals surface area contributed by atoms with Crippen molar-refractivity contribution >= 4 is 64.5 Å². The van der Waals surface area contributed by atoms with Gasteiger partial charge in [0.2, 0.25) is 29.5 Å². The number of ether oxygens (including phenoxy) is 5. The minimum absolute atomic E-state index is 0.0527. The van der Waals surface area contributed by atoms with Crippen LogP contribution in [0.25, 0.3) is 0 Å². The van der Waals surface area contributed by atoms with E-state index in [0.29, 0.717) is 143 Å². The number of anilines is 3. The van der Waals surface area contributed by atoms with Crippen LogP contribution in [0.4, 0.5) is 22.0 Å². The van der Waals surface area contributed by atoms with Crippen molar-refractivity contribution in [3.8, 4) is 23.1 Å². The molecule has 6 N–H and O–H groups in total. The molecule has 0 spiro atoms. The molecule has 77 heavy (non-hydrogen) atoms. The molecule has 4 aromatic rings. The second-order valence-electron chi connectivity index (χ2n) is 18.5. The Kier molecular flexibility index (Phi) is 23.2. The zero-order valence-corrected chi connectivity index (χ0v) is 44.2. The molecule has 3 atom stereocenters. The van der Waals surface area contributed by atoms with Crippen molar-refractivity contribution in [1.82, 2.24) is 41.0 Å². The number of carbonyl (C=O) groups is 6. The van der Waals surface area contributed by atoms with Crippen molar-refractivity contribution < 1.29 is 52.5 Å². The number of para-hydroxylation sites is 1. The Morgan fingerprint density at radius 3 is 1.99 bits per heavy atom. The van der Waals surface area contributed by atoms with E-state index in [1.165, 1.54) is 6.33 Å². The molecule has 3 fully saturated rings. The summed E-state index contributed by atoms with van der Waals surface area (Å²) in [4.78, 5) is 87.3. The number of unbranched alkanes of at least 4 members (excludes halogenated alkanes) is 1. The molecular weight excluding hydrogens is 1010 g/mol. The fraction of sp³-hybridized carbons (Fsp3) is 0.455. The summed E-state index contributed by atoms with van der Waals surface area (Å²) in [6.45, 7) is 8.60. The lowest BCUT2D eigenvalue weighted by Gasteiger charge is -2.35. The van der Waals surface area contributed by atoms with E-state index in [1.807, 2.05) is 42.1 Å². The van der Waals surface area contributed by atoms with Crippen molar-refractivity contribution in [1.29, 1.82) is 0 Å². The van der Waals surface area contributed by atoms with Crippen LogP contribution < -0.4 is 41.4 Å². The normalized spacial score (nSPS) is 16.6. The molecule has 3 aromatic carbocycles. The zero-order chi connectivity index (χ0) is 54.0. The predicted molar refractivity (Wildman–Crippen MR) is 292 cm³/mol. The first-order valence-electron chi connectivity index (χ1n) is 26.3. The number of aromatic nitrogens is 2. The van der Waals surface area contributed by atoms with Crippen molar-refractivity contribution in [2.45, 2.75) is 75.1 Å². The highest BCUT2D eigenvalue weighted by molar-refractivity contribution is 8.00. The van der Waals surface area contributed by atoms with Crippen LogP contribution in [0.15, 0.2) is 97.8 Å². The zero-order valence-electron chi connectivity index (χ0n) is 43.3. The average molecular weight is 1080 g/mol. The second-order valence-corrected chi connectivity index (χ2v) is 19.8. The van der Waals surface area contributed by atoms with E-state index in [4.69, 9.17) is 23.7 Å². The highest BCUT2D eigenvalue weighted by Gasteiger charge is 2.42. The number of nitrogens with one attached hydrogen (secondary N) is 6. The predicted octanol–water partition coefficient (Wildman–Crippen LogP) is 6.17. The van der Waals surface area contributed by atoms with E-state index in [2.05, 4.69) is 48.4 Å². The molecule has 3 unspecified atom stereocenters. The molecule has 412 valence electrons. The standard InChI is InChI=1S/C55H70N10O11S/c1-2-48(66)61-41-34-39(33-40(35-41)60-47-36-51(59-38-58-47)76-44-19-17-43(18-20-44)75-42-11-4-3-5-12-42)54(70)65-25-23-64(24-26-65)52(69)16-8-15-50(68)57-22-10-28-73-30-32-74-31-29-72-27-9-21-56-49(67)14-7-6-13-46-53-45(37-77-46)62-55(71)63-53/h2-5,11-12,17-20,33-36,38,45-46,53H,1,6-10,13-16,21-32,37H2,(H,56,67)(H,57,68)(H,61,66)(H,58,59,60)(H2,62,63,71). The van der Waals surface area contributed by atoms with E-state index in [-0.39, 0.29) is 60.5 Å². The highest BCUT2D eigenvalue weighted by Crippen LogP contribution is 2.33. The van der Waals surface area contributed by atoms with E-state index in [9.17, 15) is 28.8 Å². The summed E-state index contributed by atoms with van der Waals surface area (Å²) in [5.41, 5.74) is 1.14. The number of rotatable bonds is 32. The maximum Gasteiger partial charge on any atom is 0.315 e. The first-order valence-corrected chi connectivity index (χ1v) is 27.3. The summed E-state index contributed by atoms with van der Waals surface area (Å²) in [6, 6.07) is 23.4. The minimum atomic E-state index is -0.449. The van der Waals surface area contributed by atoms with Gasteiger partial charge in [-0.3, -0.25) is 24.0 Å². The van der Waals surface area contributed by atoms with Gasteiger partial charge in [-0.05, 0) is 92.8 Å². The number of amides is 7. The van der Waals surface area contributed by atoms with Crippen molar-refractivity contribution in [3.05, 3.63) is 103 Å². The molecule has 3 saturated heterocycles. The maximum atomic E-state index is 13.9. The number of thioether (sulfide) groups is 1. The Labute approximate surface area is 453 Å². The quantitative estimate of drug-likeness (QED) is 0.0182. The fourth-order valence-corrected chi connectivity index (χ4v) is 10.3. The molecule has 22 heteroatoms. The van der Waals surface area contributed by atoms with Gasteiger partial charge >= 0.3 is 6.03 Å². The summed E-state index contributed by atoms with van der Waals surface area (Å²) >= 11 is 1.89. The summed E-state index contributed by atoms with van der Waals surface area (Å²) < 4.78 is 28.6. The topological polar surface area (TPSA) is 253 Å². The molecule has 4 heterocycles. The Balaban J connectivity index is 0.695. The van der Waals surface area contributed by atoms with Crippen LogP contribution in [0.2, 0.25) is 0 Å². The Morgan fingerprint density at radius 1 is 0.675 bits per heavy atom. The number of piperazine rings is 1. The first kappa shape index (κ1) is 57.4. The minimum Gasteiger partial charge on any atom is -0.457 e. The summed E-state index contributed by atoms with van der Waals surface area (Å²) in [5, 5.41) is 18.1. The Hall–Kier alpha value is -7.27. The maximum absolute atomic E-state index is 13.9. The molecule has 3 aliphatic rings. The van der Waals surface area contributed by atoms with Gasteiger partial charge in [0, 0.05) is 106 Å². The van der Waals surface area contributed by atoms with Gasteiger partial charge in [-0.1, -0.05) is 31.2 Å². The van der Waals surface area contributed by atoms with E-state index in [0.717, 1.165) is 37.5 Å². The lowest BCUT2D eigenvalue weighted by molar-refractivity contribution is -0.133. The lowest BCUT2D eigenvalue weighted by atomic mass is 10.0. The van der Waals surface area contributed by atoms with Crippen LogP contribution in [0.1, 0.15) is 68.1 Å². The van der Waals surface area contributed by atoms with E-state index in [1.54, 1.807) is 58.3 Å². The lowest BCUT2D eigenvalue weighted by Crippen LogP contribution is -2.50. The van der Waals surface area contributed by atoms with Crippen LogP contribution in [0.3, 0.4) is 0 Å². The van der Waals surface area contributed by atoms with E-state index >= 15 is 0 Å². The molecule has 3 aliphatic heterocycles. The number of carbonyl (C=O) groups excluding carboxylic acids is 6. The molecule has 0 bridgehead atoms. The molecule has 0 saturated carbocycles. The summed E-state index contributed by atoms with van der Waals surface area (Å²) in [6.07, 6.45) is 7.97. The molecular formula is C55H70N10O11S. The van der Waals surface area contributed by atoms with Gasteiger partial charge < -0.3 is 65.4 Å². The highest BCUT2D eigenvalue weighted by atomic mass is 32.2. The third kappa shape index (κ3) is 19.7. The number of benzene rings is 3. The third-order valence-corrected chi connectivity index (χ3v) is 14.2. The van der Waals surface area contributed by atoms with Gasteiger partial charge in [-0.2, -0.15) is 11.8 Å². The summed E-state index contributed by atoms with van der Waals surface area (Å²) in [7, 11) is 0. The third-order valence-electron chi connectivity index (χ3n) is 12.7. The van der Waals surface area contributed by atoms with Crippen LogP contribution in [-0.2, 0) is 33.4 Å². The van der Waals surface area contributed by atoms with Crippen LogP contribution in [0.5, 0.6) is 23.1 Å². The van der Waals surface area contributed by atoms with Gasteiger partial charge in [-0.15, -0.1) is 0 Å². The van der Waals surface area contributed by atoms with Crippen LogP contribution in [0, 0.1) is 0 Å². The first-order chi connectivity index (χ1) is 37.6. The Morgan fingerprint density at radius 2 is 1.30 bits per heavy atom. The van der Waals surface area contributed by atoms with Crippen LogP contribution in [-0.4, -0.2) is 157 Å². The number of hydrogen-bond donors (Lipinski definition) is 6. The SMILES string of the molecule is C=CC(=O)Nc1cc(Nc2cc(Oc3ccc(Oc4ccccc4)cc3)ncn2)cc(C(=O)N2CCN(C(=O)CCCC(=O)NCCCOCCOCCOCCCNC(=O)CCCCC3SCC4NC(=O)NC43)CC2)c1. The number of urea groups is 1. The van der Waals surface area contributed by atoms with Crippen LogP contribution >= 0.6 is 11.8 Å². The molecule has 0 aliphatic carbocycles. The van der Waals surface area contributed by atoms with Gasteiger partial charge in [0.1, 0.15) is 29.4 Å². The summed E-state index contributed by atoms with van der Waals surface area (Å²) in [5.74, 6) is 2.59. The molecule has 7 rings (SSSR count). The van der Waals surface area contributed by atoms with Crippen molar-refractivity contribution in [2.24, 2.45) is 0 Å². The molecule has 7 amide bonds. The van der Waals surface area contributed by atoms with Gasteiger partial charge in [-0.25, -0.2) is 14.8 Å². The van der Waals surface area contributed by atoms with Gasteiger partial charge in [0.25, 0.3) is 5.91 Å². The number of hydrogen-bond acceptors (Lipinski definition) is 15. The average Bonchev–Trinajstić information content (AvgIpc) is 4.00. The monoisotopic (exact) mass is 1080 g/mol. The van der Waals surface area contributed by atoms with Crippen molar-refractivity contribution in [2.75, 3.05) is 95.3 Å². The van der Waals surface area contributed by atoms with Crippen molar-refractivity contribution in [3.63, 3.8) is 0 Å². The molecule has 0 radical (unpaired) electrons. The van der Waals surface area contributed by atoms with Gasteiger partial charge in [0.15, 0.2) is 0 Å². The smallest absolute Gasteiger partial charge is 0.315 e. The molecule has 21 nitrogen and oxygen atoms in total. The molecule has 1 aromatic heterocycles. The number of fused-ring (bicyclic) bond motifs is 1. The van der Waals surface area contributed by atoms with Gasteiger partial charge in [0.05, 0.1) is 38.5 Å². The fourth-order valence-electron chi connectivity index (χ4n) is 8.72. The second kappa shape index (κ2) is 31.1. The number of nitrogens with zero attached hydrogens (tertiary/aromatic N) is 4. The Bertz CT molecular complexity index is 2570. The largest absolute Gasteiger partial charge is 0.457 e. The van der Waals surface area contributed by atoms with E-state index < -0.39 is 5.91 Å².